The third-order valence-electron chi connectivity index (χ3n) is 4.14. The summed E-state index contributed by atoms with van der Waals surface area (Å²) in [6.07, 6.45) is 1.57. The first-order valence-electron chi connectivity index (χ1n) is 7.79. The van der Waals surface area contributed by atoms with Crippen molar-refractivity contribution in [3.05, 3.63) is 48.2 Å². The van der Waals surface area contributed by atoms with Gasteiger partial charge in [0.2, 0.25) is 0 Å². The van der Waals surface area contributed by atoms with Crippen LogP contribution in [0.3, 0.4) is 0 Å². The molecule has 1 aromatic heterocycles. The summed E-state index contributed by atoms with van der Waals surface area (Å²) in [5, 5.41) is 2.76. The van der Waals surface area contributed by atoms with E-state index in [9.17, 15) is 9.59 Å². The molecule has 0 saturated heterocycles. The number of hydrogen-bond donors (Lipinski definition) is 1. The Morgan fingerprint density at radius 2 is 2.04 bits per heavy atom. The molecule has 0 fully saturated rings. The summed E-state index contributed by atoms with van der Waals surface area (Å²) in [6, 6.07) is 10.7. The molecule has 0 aliphatic carbocycles. The number of carbonyl (C=O) groups is 2. The molecule has 0 radical (unpaired) electrons. The summed E-state index contributed by atoms with van der Waals surface area (Å²) in [5.74, 6) is 0.554. The van der Waals surface area contributed by atoms with Gasteiger partial charge in [-0.3, -0.25) is 14.5 Å². The van der Waals surface area contributed by atoms with Gasteiger partial charge in [0.1, 0.15) is 5.75 Å². The first-order chi connectivity index (χ1) is 12.0. The second-order valence-electron chi connectivity index (χ2n) is 5.86. The zero-order chi connectivity index (χ0) is 18.0. The molecule has 1 atom stereocenters. The van der Waals surface area contributed by atoms with E-state index < -0.39 is 17.4 Å². The fourth-order valence-corrected chi connectivity index (χ4v) is 2.63. The molecule has 0 saturated carbocycles. The van der Waals surface area contributed by atoms with E-state index in [0.29, 0.717) is 11.6 Å². The summed E-state index contributed by atoms with van der Waals surface area (Å²) in [5.41, 5.74) is -0.756. The van der Waals surface area contributed by atoms with Gasteiger partial charge in [0.15, 0.2) is 11.6 Å². The number of ether oxygens (including phenoxy) is 2. The fourth-order valence-electron chi connectivity index (χ4n) is 2.63. The minimum absolute atomic E-state index is 0.276. The molecule has 1 aliphatic rings. The summed E-state index contributed by atoms with van der Waals surface area (Å²) in [6.45, 7) is 1.74. The van der Waals surface area contributed by atoms with Gasteiger partial charge in [-0.1, -0.05) is 12.1 Å². The highest BCUT2D eigenvalue weighted by Crippen LogP contribution is 2.35. The monoisotopic (exact) mass is 341 g/mol. The van der Waals surface area contributed by atoms with Crippen LogP contribution in [0.15, 0.2) is 42.6 Å². The second-order valence-corrected chi connectivity index (χ2v) is 5.86. The largest absolute Gasteiger partial charge is 0.497 e. The molecule has 130 valence electrons. The Labute approximate surface area is 145 Å². The number of likely N-dealkylation sites (N-methyl/N-ethyl adjacent to an activating group) is 1. The number of anilines is 1. The van der Waals surface area contributed by atoms with Gasteiger partial charge in [0, 0.05) is 19.8 Å². The van der Waals surface area contributed by atoms with Crippen molar-refractivity contribution in [2.75, 3.05) is 19.1 Å². The first-order valence-corrected chi connectivity index (χ1v) is 7.79. The topological polar surface area (TPSA) is 80.8 Å². The number of rotatable bonds is 4. The van der Waals surface area contributed by atoms with Gasteiger partial charge in [0.25, 0.3) is 17.4 Å². The lowest BCUT2D eigenvalue weighted by molar-refractivity contribution is -0.148. The highest BCUT2D eigenvalue weighted by Gasteiger charge is 2.50. The number of carbonyl (C=O) groups excluding carboxylic acids is 2. The lowest BCUT2D eigenvalue weighted by Gasteiger charge is -2.36. The average Bonchev–Trinajstić information content (AvgIpc) is 2.64. The number of amides is 2. The summed E-state index contributed by atoms with van der Waals surface area (Å²) in [4.78, 5) is 30.7. The minimum atomic E-state index is -1.64. The van der Waals surface area contributed by atoms with Crippen molar-refractivity contribution in [2.24, 2.45) is 0 Å². The van der Waals surface area contributed by atoms with Crippen LogP contribution in [0.4, 0.5) is 5.82 Å². The third kappa shape index (κ3) is 3.00. The SMILES string of the molecule is COc1ccc(CNC(=O)C2(C)Oc3cccnc3N(C)C2=O)cc1. The zero-order valence-corrected chi connectivity index (χ0v) is 14.3. The molecule has 1 N–H and O–H groups in total. The summed E-state index contributed by atoms with van der Waals surface area (Å²) >= 11 is 0. The number of pyridine rings is 1. The Morgan fingerprint density at radius 1 is 1.32 bits per heavy atom. The van der Waals surface area contributed by atoms with Gasteiger partial charge in [-0.05, 0) is 36.8 Å². The fraction of sp³-hybridized carbons (Fsp3) is 0.278. The van der Waals surface area contributed by atoms with Gasteiger partial charge in [-0.25, -0.2) is 4.98 Å². The smallest absolute Gasteiger partial charge is 0.281 e. The number of benzene rings is 1. The predicted molar refractivity (Wildman–Crippen MR) is 91.5 cm³/mol. The molecule has 7 nitrogen and oxygen atoms in total. The Bertz CT molecular complexity index is 806. The number of nitrogens with one attached hydrogen (secondary N) is 1. The highest BCUT2D eigenvalue weighted by atomic mass is 16.5. The van der Waals surface area contributed by atoms with Crippen molar-refractivity contribution in [3.63, 3.8) is 0 Å². The van der Waals surface area contributed by atoms with E-state index in [2.05, 4.69) is 10.3 Å². The van der Waals surface area contributed by atoms with Gasteiger partial charge in [-0.2, -0.15) is 0 Å². The van der Waals surface area contributed by atoms with Crippen molar-refractivity contribution in [1.82, 2.24) is 10.3 Å². The predicted octanol–water partition coefficient (Wildman–Crippen LogP) is 1.52. The average molecular weight is 341 g/mol. The maximum absolute atomic E-state index is 12.7. The van der Waals surface area contributed by atoms with Crippen LogP contribution in [0, 0.1) is 0 Å². The standard InChI is InChI=1S/C18H19N3O4/c1-18(16(22)20-11-12-6-8-13(24-3)9-7-12)17(23)21(2)15-14(25-18)5-4-10-19-15/h4-10H,11H2,1-3H3,(H,20,22). The van der Waals surface area contributed by atoms with Crippen LogP contribution >= 0.6 is 0 Å². The maximum atomic E-state index is 12.7. The number of fused-ring (bicyclic) bond motifs is 1. The molecule has 3 rings (SSSR count). The zero-order valence-electron chi connectivity index (χ0n) is 14.3. The molecule has 25 heavy (non-hydrogen) atoms. The van der Waals surface area contributed by atoms with Crippen LogP contribution in [0.5, 0.6) is 11.5 Å². The Kier molecular flexibility index (Phi) is 4.31. The number of aromatic nitrogens is 1. The van der Waals surface area contributed by atoms with Gasteiger partial charge in [0.05, 0.1) is 7.11 Å². The molecule has 0 bridgehead atoms. The van der Waals surface area contributed by atoms with Crippen LogP contribution in [0.1, 0.15) is 12.5 Å². The molecule has 2 aromatic rings. The molecule has 1 unspecified atom stereocenters. The van der Waals surface area contributed by atoms with Crippen molar-refractivity contribution in [3.8, 4) is 11.5 Å². The third-order valence-corrected chi connectivity index (χ3v) is 4.14. The number of hydrogen-bond acceptors (Lipinski definition) is 5. The molecule has 7 heteroatoms. The lowest BCUT2D eigenvalue weighted by Crippen LogP contribution is -2.61. The molecule has 1 aliphatic heterocycles. The van der Waals surface area contributed by atoms with E-state index in [1.54, 1.807) is 44.6 Å². The molecule has 0 spiro atoms. The molecule has 2 amide bonds. The molecule has 1 aromatic carbocycles. The highest BCUT2D eigenvalue weighted by molar-refractivity contribution is 6.15. The Balaban J connectivity index is 1.75. The number of nitrogens with zero attached hydrogens (tertiary/aromatic N) is 2. The van der Waals surface area contributed by atoms with Crippen LogP contribution in [-0.4, -0.2) is 36.6 Å². The molecule has 2 heterocycles. The summed E-state index contributed by atoms with van der Waals surface area (Å²) in [7, 11) is 3.17. The lowest BCUT2D eigenvalue weighted by atomic mass is 10.0. The second kappa shape index (κ2) is 6.43. The van der Waals surface area contributed by atoms with E-state index in [-0.39, 0.29) is 6.54 Å². The van der Waals surface area contributed by atoms with Crippen molar-refractivity contribution in [1.29, 1.82) is 0 Å². The van der Waals surface area contributed by atoms with Crippen molar-refractivity contribution >= 4 is 17.6 Å². The van der Waals surface area contributed by atoms with Crippen molar-refractivity contribution < 1.29 is 19.1 Å². The quantitative estimate of drug-likeness (QED) is 0.853. The Hall–Kier alpha value is -3.09. The van der Waals surface area contributed by atoms with Gasteiger partial charge < -0.3 is 14.8 Å². The van der Waals surface area contributed by atoms with E-state index in [4.69, 9.17) is 9.47 Å². The van der Waals surface area contributed by atoms with E-state index in [1.165, 1.54) is 11.8 Å². The minimum Gasteiger partial charge on any atom is -0.497 e. The van der Waals surface area contributed by atoms with E-state index in [0.717, 1.165) is 11.3 Å². The van der Waals surface area contributed by atoms with Crippen molar-refractivity contribution in [2.45, 2.75) is 19.1 Å². The van der Waals surface area contributed by atoms with Crippen LogP contribution in [0.2, 0.25) is 0 Å². The van der Waals surface area contributed by atoms with Crippen LogP contribution < -0.4 is 19.7 Å². The Morgan fingerprint density at radius 3 is 2.72 bits per heavy atom. The number of methoxy groups -OCH3 is 1. The van der Waals surface area contributed by atoms with E-state index >= 15 is 0 Å². The summed E-state index contributed by atoms with van der Waals surface area (Å²) < 4.78 is 10.8. The normalized spacial score (nSPS) is 19.0. The van der Waals surface area contributed by atoms with E-state index in [1.807, 2.05) is 12.1 Å². The van der Waals surface area contributed by atoms with Crippen LogP contribution in [0.25, 0.3) is 0 Å². The van der Waals surface area contributed by atoms with Crippen LogP contribution in [-0.2, 0) is 16.1 Å². The first kappa shape index (κ1) is 16.8. The van der Waals surface area contributed by atoms with Gasteiger partial charge >= 0.3 is 0 Å². The molecular formula is C18H19N3O4. The molecular weight excluding hydrogens is 322 g/mol. The maximum Gasteiger partial charge on any atom is 0.281 e. The van der Waals surface area contributed by atoms with Gasteiger partial charge in [-0.15, -0.1) is 0 Å².